The van der Waals surface area contributed by atoms with Crippen LogP contribution in [0.25, 0.3) is 0 Å². The van der Waals surface area contributed by atoms with Gasteiger partial charge in [-0.1, -0.05) is 27.2 Å². The lowest BCUT2D eigenvalue weighted by atomic mass is 9.74. The van der Waals surface area contributed by atoms with Crippen LogP contribution in [0.15, 0.2) is 0 Å². The van der Waals surface area contributed by atoms with Crippen molar-refractivity contribution in [2.75, 3.05) is 5.88 Å². The number of carbonyl (C=O) groups excluding carboxylic acids is 1. The second-order valence-corrected chi connectivity index (χ2v) is 6.52. The fourth-order valence-electron chi connectivity index (χ4n) is 3.03. The van der Waals surface area contributed by atoms with Gasteiger partial charge in [0, 0.05) is 18.3 Å². The van der Waals surface area contributed by atoms with Crippen molar-refractivity contribution in [1.82, 2.24) is 5.32 Å². The highest BCUT2D eigenvalue weighted by Crippen LogP contribution is 2.33. The number of unbranched alkanes of at least 4 members (excludes halogenated alkanes) is 1. The van der Waals surface area contributed by atoms with Crippen LogP contribution in [0.4, 0.5) is 0 Å². The van der Waals surface area contributed by atoms with Crippen LogP contribution in [0.3, 0.4) is 0 Å². The molecule has 0 saturated heterocycles. The standard InChI is InChI=1S/C15H28ClNO/c1-11(2)13-8-7-12(3)10-14(13)17-15(18)6-4-5-9-16/h11-14H,4-10H2,1-3H3,(H,17,18). The van der Waals surface area contributed by atoms with E-state index in [1.165, 1.54) is 12.8 Å². The second kappa shape index (κ2) is 8.04. The highest BCUT2D eigenvalue weighted by atomic mass is 35.5. The Bertz CT molecular complexity index is 255. The summed E-state index contributed by atoms with van der Waals surface area (Å²) >= 11 is 5.63. The molecular weight excluding hydrogens is 246 g/mol. The van der Waals surface area contributed by atoms with E-state index >= 15 is 0 Å². The fraction of sp³-hybridized carbons (Fsp3) is 0.933. The summed E-state index contributed by atoms with van der Waals surface area (Å²) in [5, 5.41) is 3.26. The number of hydrogen-bond donors (Lipinski definition) is 1. The minimum absolute atomic E-state index is 0.213. The van der Waals surface area contributed by atoms with Gasteiger partial charge in [-0.25, -0.2) is 0 Å². The first kappa shape index (κ1) is 15.8. The third kappa shape index (κ3) is 5.17. The Balaban J connectivity index is 2.42. The fourth-order valence-corrected chi connectivity index (χ4v) is 3.22. The van der Waals surface area contributed by atoms with E-state index in [9.17, 15) is 4.79 Å². The van der Waals surface area contributed by atoms with Gasteiger partial charge in [-0.15, -0.1) is 11.6 Å². The maximum absolute atomic E-state index is 11.9. The molecule has 1 aliphatic rings. The van der Waals surface area contributed by atoms with Crippen LogP contribution in [-0.4, -0.2) is 17.8 Å². The predicted octanol–water partition coefficient (Wildman–Crippen LogP) is 3.97. The summed E-state index contributed by atoms with van der Waals surface area (Å²) in [5.74, 6) is 2.92. The molecule has 0 aliphatic heterocycles. The molecule has 18 heavy (non-hydrogen) atoms. The van der Waals surface area contributed by atoms with Crippen LogP contribution in [0.1, 0.15) is 59.3 Å². The monoisotopic (exact) mass is 273 g/mol. The van der Waals surface area contributed by atoms with E-state index in [4.69, 9.17) is 11.6 Å². The summed E-state index contributed by atoms with van der Waals surface area (Å²) in [6.07, 6.45) is 6.17. The highest BCUT2D eigenvalue weighted by Gasteiger charge is 2.31. The predicted molar refractivity (Wildman–Crippen MR) is 77.8 cm³/mol. The summed E-state index contributed by atoms with van der Waals surface area (Å²) in [6, 6.07) is 0.386. The quantitative estimate of drug-likeness (QED) is 0.576. The lowest BCUT2D eigenvalue weighted by molar-refractivity contribution is -0.122. The van der Waals surface area contributed by atoms with Crippen molar-refractivity contribution in [3.63, 3.8) is 0 Å². The summed E-state index contributed by atoms with van der Waals surface area (Å²) < 4.78 is 0. The van der Waals surface area contributed by atoms with E-state index < -0.39 is 0 Å². The average molecular weight is 274 g/mol. The topological polar surface area (TPSA) is 29.1 Å². The van der Waals surface area contributed by atoms with Crippen LogP contribution < -0.4 is 5.32 Å². The van der Waals surface area contributed by atoms with E-state index in [2.05, 4.69) is 26.1 Å². The number of carbonyl (C=O) groups is 1. The van der Waals surface area contributed by atoms with Gasteiger partial charge in [0.05, 0.1) is 0 Å². The van der Waals surface area contributed by atoms with E-state index in [0.717, 1.165) is 25.2 Å². The van der Waals surface area contributed by atoms with Crippen LogP contribution >= 0.6 is 11.6 Å². The molecule has 0 radical (unpaired) electrons. The minimum atomic E-state index is 0.213. The first-order valence-electron chi connectivity index (χ1n) is 7.40. The first-order valence-corrected chi connectivity index (χ1v) is 7.93. The average Bonchev–Trinajstić information content (AvgIpc) is 2.29. The highest BCUT2D eigenvalue weighted by molar-refractivity contribution is 6.17. The van der Waals surface area contributed by atoms with Gasteiger partial charge in [-0.05, 0) is 43.4 Å². The summed E-state index contributed by atoms with van der Waals surface area (Å²) in [6.45, 7) is 6.84. The third-order valence-corrected chi connectivity index (χ3v) is 4.42. The molecular formula is C15H28ClNO. The Morgan fingerprint density at radius 1 is 1.33 bits per heavy atom. The van der Waals surface area contributed by atoms with Gasteiger partial charge in [0.1, 0.15) is 0 Å². The molecule has 0 aromatic rings. The number of amides is 1. The molecule has 1 amide bonds. The Labute approximate surface area is 117 Å². The van der Waals surface area contributed by atoms with Crippen LogP contribution in [0.2, 0.25) is 0 Å². The molecule has 3 unspecified atom stereocenters. The van der Waals surface area contributed by atoms with Gasteiger partial charge in [-0.2, -0.15) is 0 Å². The molecule has 0 spiro atoms. The molecule has 1 saturated carbocycles. The smallest absolute Gasteiger partial charge is 0.220 e. The van der Waals surface area contributed by atoms with E-state index in [-0.39, 0.29) is 5.91 Å². The van der Waals surface area contributed by atoms with Gasteiger partial charge in [-0.3, -0.25) is 4.79 Å². The van der Waals surface area contributed by atoms with E-state index in [1.807, 2.05) is 0 Å². The third-order valence-electron chi connectivity index (χ3n) is 4.16. The molecule has 1 aliphatic carbocycles. The lowest BCUT2D eigenvalue weighted by Crippen LogP contribution is -2.45. The molecule has 1 N–H and O–H groups in total. The normalized spacial score (nSPS) is 28.4. The molecule has 0 bridgehead atoms. The molecule has 1 fully saturated rings. The first-order chi connectivity index (χ1) is 8.54. The van der Waals surface area contributed by atoms with Crippen molar-refractivity contribution in [1.29, 1.82) is 0 Å². The van der Waals surface area contributed by atoms with Crippen LogP contribution in [0, 0.1) is 17.8 Å². The number of halogens is 1. The van der Waals surface area contributed by atoms with Gasteiger partial charge in [0.2, 0.25) is 5.91 Å². The van der Waals surface area contributed by atoms with E-state index in [0.29, 0.717) is 30.2 Å². The summed E-state index contributed by atoms with van der Waals surface area (Å²) in [5.41, 5.74) is 0. The zero-order chi connectivity index (χ0) is 13.5. The number of hydrogen-bond acceptors (Lipinski definition) is 1. The zero-order valence-corrected chi connectivity index (χ0v) is 12.8. The van der Waals surface area contributed by atoms with Crippen LogP contribution in [0.5, 0.6) is 0 Å². The Hall–Kier alpha value is -0.240. The maximum Gasteiger partial charge on any atom is 0.220 e. The molecule has 3 heteroatoms. The molecule has 0 aromatic carbocycles. The second-order valence-electron chi connectivity index (χ2n) is 6.15. The Morgan fingerprint density at radius 2 is 2.06 bits per heavy atom. The van der Waals surface area contributed by atoms with Gasteiger partial charge < -0.3 is 5.32 Å². The van der Waals surface area contributed by atoms with Crippen molar-refractivity contribution in [2.24, 2.45) is 17.8 Å². The number of nitrogens with one attached hydrogen (secondary N) is 1. The van der Waals surface area contributed by atoms with Gasteiger partial charge in [0.25, 0.3) is 0 Å². The summed E-state index contributed by atoms with van der Waals surface area (Å²) in [4.78, 5) is 11.9. The summed E-state index contributed by atoms with van der Waals surface area (Å²) in [7, 11) is 0. The van der Waals surface area contributed by atoms with Crippen molar-refractivity contribution >= 4 is 17.5 Å². The lowest BCUT2D eigenvalue weighted by Gasteiger charge is -2.37. The van der Waals surface area contributed by atoms with Crippen LogP contribution in [-0.2, 0) is 4.79 Å². The Morgan fingerprint density at radius 3 is 2.67 bits per heavy atom. The molecule has 1 rings (SSSR count). The van der Waals surface area contributed by atoms with Gasteiger partial charge >= 0.3 is 0 Å². The van der Waals surface area contributed by atoms with Crippen molar-refractivity contribution in [2.45, 2.75) is 65.3 Å². The van der Waals surface area contributed by atoms with Crippen molar-refractivity contribution < 1.29 is 4.79 Å². The SMILES string of the molecule is CC1CCC(C(C)C)C(NC(=O)CCCCCl)C1. The molecule has 3 atom stereocenters. The molecule has 0 heterocycles. The van der Waals surface area contributed by atoms with E-state index in [1.54, 1.807) is 0 Å². The van der Waals surface area contributed by atoms with Crippen molar-refractivity contribution in [3.8, 4) is 0 Å². The minimum Gasteiger partial charge on any atom is -0.353 e. The van der Waals surface area contributed by atoms with Crippen molar-refractivity contribution in [3.05, 3.63) is 0 Å². The molecule has 106 valence electrons. The zero-order valence-electron chi connectivity index (χ0n) is 12.0. The number of rotatable bonds is 6. The molecule has 2 nitrogen and oxygen atoms in total. The Kier molecular flexibility index (Phi) is 7.06. The molecule has 0 aromatic heterocycles. The van der Waals surface area contributed by atoms with Gasteiger partial charge in [0.15, 0.2) is 0 Å². The largest absolute Gasteiger partial charge is 0.353 e. The number of alkyl halides is 1. The maximum atomic E-state index is 11.9.